The van der Waals surface area contributed by atoms with Gasteiger partial charge >= 0.3 is 0 Å². The van der Waals surface area contributed by atoms with E-state index in [1.807, 2.05) is 18.2 Å². The van der Waals surface area contributed by atoms with Crippen molar-refractivity contribution >= 4 is 22.8 Å². The number of nitrogens with zero attached hydrogens (tertiary/aromatic N) is 3. The number of amides is 2. The minimum absolute atomic E-state index is 0.135. The number of nitrogens with one attached hydrogen (secondary N) is 2. The lowest BCUT2D eigenvalue weighted by molar-refractivity contribution is -0.123. The molecule has 0 aliphatic heterocycles. The van der Waals surface area contributed by atoms with E-state index in [9.17, 15) is 14.7 Å². The number of benzene rings is 2. The maximum atomic E-state index is 13.6. The molecule has 0 bridgehead atoms. The van der Waals surface area contributed by atoms with Crippen LogP contribution in [-0.2, 0) is 17.8 Å². The SMILES string of the molecule is O=C(N[C@@H](Cc1ccc(O)cc1)C(=O)NCc1cccnc1)c1ccc2c(c1)nc(-c1ccoc1)n2C1CCCCC1. The number of phenolic OH excluding ortho intramolecular Hbond substituents is 1. The van der Waals surface area contributed by atoms with E-state index >= 15 is 0 Å². The maximum absolute atomic E-state index is 13.6. The lowest BCUT2D eigenvalue weighted by Crippen LogP contribution is -2.47. The van der Waals surface area contributed by atoms with Crippen LogP contribution in [0.25, 0.3) is 22.4 Å². The molecule has 3 heterocycles. The van der Waals surface area contributed by atoms with Gasteiger partial charge in [0.1, 0.15) is 23.9 Å². The summed E-state index contributed by atoms with van der Waals surface area (Å²) in [4.78, 5) is 35.9. The number of aromatic nitrogens is 3. The monoisotopic (exact) mass is 563 g/mol. The highest BCUT2D eigenvalue weighted by atomic mass is 16.3. The highest BCUT2D eigenvalue weighted by molar-refractivity contribution is 6.00. The third kappa shape index (κ3) is 6.05. The Labute approximate surface area is 243 Å². The smallest absolute Gasteiger partial charge is 0.252 e. The molecule has 1 atom stereocenters. The zero-order valence-electron chi connectivity index (χ0n) is 23.2. The third-order valence-electron chi connectivity index (χ3n) is 7.86. The minimum atomic E-state index is -0.837. The fourth-order valence-corrected chi connectivity index (χ4v) is 5.68. The Morgan fingerprint density at radius 3 is 2.60 bits per heavy atom. The van der Waals surface area contributed by atoms with E-state index in [2.05, 4.69) is 20.2 Å². The van der Waals surface area contributed by atoms with Crippen LogP contribution in [0.15, 0.2) is 90.0 Å². The van der Waals surface area contributed by atoms with Gasteiger partial charge in [0.15, 0.2) is 0 Å². The summed E-state index contributed by atoms with van der Waals surface area (Å²) in [6, 6.07) is 17.2. The van der Waals surface area contributed by atoms with Crippen LogP contribution in [0.2, 0.25) is 0 Å². The first-order valence-electron chi connectivity index (χ1n) is 14.3. The summed E-state index contributed by atoms with van der Waals surface area (Å²) >= 11 is 0. The molecule has 0 unspecified atom stereocenters. The Morgan fingerprint density at radius 1 is 1.02 bits per heavy atom. The van der Waals surface area contributed by atoms with Crippen LogP contribution in [-0.4, -0.2) is 37.5 Å². The molecular formula is C33H33N5O4. The van der Waals surface area contributed by atoms with Gasteiger partial charge in [-0.05, 0) is 66.4 Å². The lowest BCUT2D eigenvalue weighted by atomic mass is 9.95. The van der Waals surface area contributed by atoms with Crippen molar-refractivity contribution in [1.82, 2.24) is 25.2 Å². The Bertz CT molecular complexity index is 1660. The molecule has 9 heteroatoms. The number of pyridine rings is 1. The van der Waals surface area contributed by atoms with E-state index in [-0.39, 0.29) is 30.5 Å². The van der Waals surface area contributed by atoms with Crippen molar-refractivity contribution in [1.29, 1.82) is 0 Å². The minimum Gasteiger partial charge on any atom is -0.508 e. The van der Waals surface area contributed by atoms with Crippen LogP contribution >= 0.6 is 0 Å². The number of aromatic hydroxyl groups is 1. The van der Waals surface area contributed by atoms with Crippen LogP contribution in [0.3, 0.4) is 0 Å². The largest absolute Gasteiger partial charge is 0.508 e. The number of imidazole rings is 1. The van der Waals surface area contributed by atoms with Crippen LogP contribution < -0.4 is 10.6 Å². The number of carbonyl (C=O) groups is 2. The molecule has 1 aliphatic rings. The molecule has 0 spiro atoms. The molecule has 5 aromatic rings. The Balaban J connectivity index is 1.26. The molecule has 9 nitrogen and oxygen atoms in total. The lowest BCUT2D eigenvalue weighted by Gasteiger charge is -2.25. The molecule has 3 N–H and O–H groups in total. The molecule has 0 saturated heterocycles. The van der Waals surface area contributed by atoms with Gasteiger partial charge in [-0.25, -0.2) is 4.98 Å². The van der Waals surface area contributed by atoms with Gasteiger partial charge in [-0.15, -0.1) is 0 Å². The molecular weight excluding hydrogens is 530 g/mol. The second-order valence-corrected chi connectivity index (χ2v) is 10.8. The van der Waals surface area contributed by atoms with Crippen molar-refractivity contribution in [3.63, 3.8) is 0 Å². The molecule has 2 aromatic carbocycles. The quantitative estimate of drug-likeness (QED) is 0.216. The average molecular weight is 564 g/mol. The zero-order valence-corrected chi connectivity index (χ0v) is 23.2. The van der Waals surface area contributed by atoms with E-state index < -0.39 is 6.04 Å². The summed E-state index contributed by atoms with van der Waals surface area (Å²) in [5.41, 5.74) is 4.69. The number of phenols is 1. The third-order valence-corrected chi connectivity index (χ3v) is 7.86. The normalized spacial score (nSPS) is 14.5. The van der Waals surface area contributed by atoms with E-state index in [0.29, 0.717) is 11.6 Å². The molecule has 1 saturated carbocycles. The van der Waals surface area contributed by atoms with Crippen molar-refractivity contribution in [3.05, 3.63) is 102 Å². The standard InChI is InChI=1S/C33H33N5O4/c39-27-11-8-22(9-12-27)17-29(33(41)35-20-23-5-4-15-34-19-23)37-32(40)24-10-13-30-28(18-24)36-31(25-14-16-42-21-25)38(30)26-6-2-1-3-7-26/h4-5,8-16,18-19,21,26,29,39H,1-3,6-7,17,20H2,(H,35,41)(H,37,40)/t29-/m0/s1. The van der Waals surface area contributed by atoms with E-state index in [1.165, 1.54) is 19.3 Å². The Kier molecular flexibility index (Phi) is 7.98. The van der Waals surface area contributed by atoms with Crippen molar-refractivity contribution in [2.75, 3.05) is 0 Å². The predicted octanol–water partition coefficient (Wildman–Crippen LogP) is 5.56. The van der Waals surface area contributed by atoms with Gasteiger partial charge in [0, 0.05) is 37.0 Å². The first-order chi connectivity index (χ1) is 20.5. The highest BCUT2D eigenvalue weighted by Gasteiger charge is 2.25. The molecule has 42 heavy (non-hydrogen) atoms. The van der Waals surface area contributed by atoms with Gasteiger partial charge in [0.05, 0.1) is 22.9 Å². The van der Waals surface area contributed by atoms with Crippen molar-refractivity contribution in [3.8, 4) is 17.1 Å². The summed E-state index contributed by atoms with van der Waals surface area (Å²) in [6.45, 7) is 0.288. The second-order valence-electron chi connectivity index (χ2n) is 10.8. The van der Waals surface area contributed by atoms with E-state index in [1.54, 1.807) is 67.4 Å². The van der Waals surface area contributed by atoms with Crippen molar-refractivity contribution in [2.45, 2.75) is 57.2 Å². The first kappa shape index (κ1) is 27.3. The van der Waals surface area contributed by atoms with E-state index in [0.717, 1.165) is 46.4 Å². The molecule has 3 aromatic heterocycles. The van der Waals surface area contributed by atoms with Crippen molar-refractivity contribution < 1.29 is 19.1 Å². The van der Waals surface area contributed by atoms with Gasteiger partial charge in [-0.2, -0.15) is 0 Å². The zero-order chi connectivity index (χ0) is 28.9. The van der Waals surface area contributed by atoms with E-state index in [4.69, 9.17) is 9.40 Å². The second kappa shape index (κ2) is 12.3. The average Bonchev–Trinajstić information content (AvgIpc) is 3.69. The van der Waals surface area contributed by atoms with Crippen LogP contribution in [0.5, 0.6) is 5.75 Å². The number of carbonyl (C=O) groups excluding carboxylic acids is 2. The van der Waals surface area contributed by atoms with Gasteiger partial charge in [-0.1, -0.05) is 37.5 Å². The van der Waals surface area contributed by atoms with Gasteiger partial charge in [0.2, 0.25) is 5.91 Å². The summed E-state index contributed by atoms with van der Waals surface area (Å²) in [5.74, 6) is 0.291. The summed E-state index contributed by atoms with van der Waals surface area (Å²) < 4.78 is 7.66. The summed E-state index contributed by atoms with van der Waals surface area (Å²) in [5, 5.41) is 15.5. The molecule has 1 fully saturated rings. The number of furan rings is 1. The fourth-order valence-electron chi connectivity index (χ4n) is 5.68. The fraction of sp³-hybridized carbons (Fsp3) is 0.273. The first-order valence-corrected chi connectivity index (χ1v) is 14.3. The topological polar surface area (TPSA) is 122 Å². The van der Waals surface area contributed by atoms with Crippen LogP contribution in [0, 0.1) is 0 Å². The maximum Gasteiger partial charge on any atom is 0.252 e. The van der Waals surface area contributed by atoms with Crippen LogP contribution in [0.4, 0.5) is 0 Å². The molecule has 2 amide bonds. The Hall–Kier alpha value is -4.92. The number of hydrogen-bond acceptors (Lipinski definition) is 6. The van der Waals surface area contributed by atoms with Gasteiger partial charge in [-0.3, -0.25) is 14.6 Å². The van der Waals surface area contributed by atoms with Crippen LogP contribution in [0.1, 0.15) is 59.6 Å². The molecule has 0 radical (unpaired) electrons. The number of rotatable bonds is 9. The van der Waals surface area contributed by atoms with Gasteiger partial charge < -0.3 is 24.7 Å². The summed E-state index contributed by atoms with van der Waals surface area (Å²) in [6.07, 6.45) is 12.8. The van der Waals surface area contributed by atoms with Gasteiger partial charge in [0.25, 0.3) is 5.91 Å². The number of fused-ring (bicyclic) bond motifs is 1. The molecule has 214 valence electrons. The number of hydrogen-bond donors (Lipinski definition) is 3. The molecule has 6 rings (SSSR count). The molecule has 1 aliphatic carbocycles. The highest BCUT2D eigenvalue weighted by Crippen LogP contribution is 2.36. The van der Waals surface area contributed by atoms with Crippen molar-refractivity contribution in [2.24, 2.45) is 0 Å². The predicted molar refractivity (Wildman–Crippen MR) is 159 cm³/mol. The Morgan fingerprint density at radius 2 is 1.86 bits per heavy atom. The summed E-state index contributed by atoms with van der Waals surface area (Å²) in [7, 11) is 0.